The van der Waals surface area contributed by atoms with Crippen molar-refractivity contribution >= 4 is 11.3 Å². The van der Waals surface area contributed by atoms with E-state index in [1.807, 2.05) is 0 Å². The summed E-state index contributed by atoms with van der Waals surface area (Å²) in [6, 6.07) is 4.22. The highest BCUT2D eigenvalue weighted by molar-refractivity contribution is 7.10. The molecule has 4 bridgehead atoms. The van der Waals surface area contributed by atoms with Crippen molar-refractivity contribution in [3.05, 3.63) is 22.4 Å². The van der Waals surface area contributed by atoms with E-state index in [2.05, 4.69) is 17.5 Å². The SMILES string of the molecule is NCC(c1cccs1)C(O)C1C2CC3CC(C2)CC1C3. The molecule has 2 atom stereocenters. The summed E-state index contributed by atoms with van der Waals surface area (Å²) in [6.07, 6.45) is 6.73. The Balaban J connectivity index is 1.57. The van der Waals surface area contributed by atoms with Crippen molar-refractivity contribution in [3.8, 4) is 0 Å². The molecule has 2 nitrogen and oxygen atoms in total. The Morgan fingerprint density at radius 2 is 1.80 bits per heavy atom. The molecule has 0 radical (unpaired) electrons. The Morgan fingerprint density at radius 1 is 1.15 bits per heavy atom. The quantitative estimate of drug-likeness (QED) is 0.894. The number of rotatable bonds is 4. The minimum absolute atomic E-state index is 0.150. The van der Waals surface area contributed by atoms with Crippen molar-refractivity contribution in [1.29, 1.82) is 0 Å². The lowest BCUT2D eigenvalue weighted by atomic mass is 9.50. The van der Waals surface area contributed by atoms with E-state index >= 15 is 0 Å². The average molecular weight is 291 g/mol. The van der Waals surface area contributed by atoms with Crippen LogP contribution in [0.3, 0.4) is 0 Å². The van der Waals surface area contributed by atoms with Gasteiger partial charge in [-0.25, -0.2) is 0 Å². The summed E-state index contributed by atoms with van der Waals surface area (Å²) >= 11 is 1.75. The number of hydrogen-bond donors (Lipinski definition) is 2. The molecule has 0 saturated heterocycles. The van der Waals surface area contributed by atoms with Gasteiger partial charge < -0.3 is 10.8 Å². The van der Waals surface area contributed by atoms with E-state index in [4.69, 9.17) is 5.73 Å². The van der Waals surface area contributed by atoms with Crippen LogP contribution in [0.15, 0.2) is 17.5 Å². The van der Waals surface area contributed by atoms with Crippen molar-refractivity contribution in [2.75, 3.05) is 6.54 Å². The van der Waals surface area contributed by atoms with Crippen molar-refractivity contribution in [2.24, 2.45) is 35.3 Å². The van der Waals surface area contributed by atoms with E-state index in [9.17, 15) is 5.11 Å². The van der Waals surface area contributed by atoms with Gasteiger partial charge in [-0.1, -0.05) is 6.07 Å². The maximum absolute atomic E-state index is 11.0. The molecule has 3 N–H and O–H groups in total. The Morgan fingerprint density at radius 3 is 2.30 bits per heavy atom. The van der Waals surface area contributed by atoms with Crippen LogP contribution >= 0.6 is 11.3 Å². The predicted octanol–water partition coefficient (Wildman–Crippen LogP) is 3.22. The first-order chi connectivity index (χ1) is 9.76. The molecule has 2 unspecified atom stereocenters. The number of nitrogens with two attached hydrogens (primary N) is 1. The van der Waals surface area contributed by atoms with Crippen LogP contribution in [0, 0.1) is 29.6 Å². The molecule has 1 aromatic rings. The van der Waals surface area contributed by atoms with E-state index in [0.717, 1.165) is 23.7 Å². The first-order valence-electron chi connectivity index (χ1n) is 8.17. The first kappa shape index (κ1) is 13.3. The molecule has 0 aromatic carbocycles. The van der Waals surface area contributed by atoms with Crippen LogP contribution in [0.4, 0.5) is 0 Å². The van der Waals surface area contributed by atoms with Gasteiger partial charge in [0.1, 0.15) is 0 Å². The fourth-order valence-electron chi connectivity index (χ4n) is 5.72. The van der Waals surface area contributed by atoms with Gasteiger partial charge in [0.2, 0.25) is 0 Å². The van der Waals surface area contributed by atoms with Crippen LogP contribution in [0.1, 0.15) is 42.9 Å². The fraction of sp³-hybridized carbons (Fsp3) is 0.765. The second kappa shape index (κ2) is 5.11. The Kier molecular flexibility index (Phi) is 3.40. The lowest BCUT2D eigenvalue weighted by molar-refractivity contribution is -0.0953. The van der Waals surface area contributed by atoms with Gasteiger partial charge in [0.05, 0.1) is 6.10 Å². The maximum atomic E-state index is 11.0. The van der Waals surface area contributed by atoms with Gasteiger partial charge in [-0.05, 0) is 73.1 Å². The first-order valence-corrected chi connectivity index (χ1v) is 9.05. The standard InChI is InChI=1S/C17H25NOS/c18-9-14(15-2-1-3-20-15)17(19)16-12-5-10-4-11(7-12)8-13(16)6-10/h1-3,10-14,16-17,19H,4-9,18H2. The second-order valence-electron chi connectivity index (χ2n) is 7.36. The Hall–Kier alpha value is -0.380. The van der Waals surface area contributed by atoms with Gasteiger partial charge in [-0.2, -0.15) is 0 Å². The molecule has 5 rings (SSSR count). The third-order valence-electron chi connectivity index (χ3n) is 6.27. The van der Waals surface area contributed by atoms with Crippen molar-refractivity contribution < 1.29 is 5.11 Å². The summed E-state index contributed by atoms with van der Waals surface area (Å²) in [7, 11) is 0. The van der Waals surface area contributed by atoms with Crippen LogP contribution < -0.4 is 5.73 Å². The number of aliphatic hydroxyl groups is 1. The summed E-state index contributed by atoms with van der Waals surface area (Å²) in [5.74, 6) is 4.15. The van der Waals surface area contributed by atoms with Crippen molar-refractivity contribution in [1.82, 2.24) is 0 Å². The Labute approximate surface area is 125 Å². The molecule has 4 aliphatic carbocycles. The smallest absolute Gasteiger partial charge is 0.0662 e. The van der Waals surface area contributed by atoms with Crippen LogP contribution in [0.25, 0.3) is 0 Å². The van der Waals surface area contributed by atoms with Crippen LogP contribution in [0.2, 0.25) is 0 Å². The van der Waals surface area contributed by atoms with Gasteiger partial charge >= 0.3 is 0 Å². The second-order valence-corrected chi connectivity index (χ2v) is 8.34. The molecule has 110 valence electrons. The molecular formula is C17H25NOS. The molecule has 4 aliphatic rings. The average Bonchev–Trinajstić information content (AvgIpc) is 2.92. The lowest BCUT2D eigenvalue weighted by Crippen LogP contribution is -2.51. The highest BCUT2D eigenvalue weighted by atomic mass is 32.1. The zero-order valence-corrected chi connectivity index (χ0v) is 12.8. The topological polar surface area (TPSA) is 46.2 Å². The number of aliphatic hydroxyl groups excluding tert-OH is 1. The van der Waals surface area contributed by atoms with Gasteiger partial charge in [0.15, 0.2) is 0 Å². The molecule has 1 aromatic heterocycles. The largest absolute Gasteiger partial charge is 0.392 e. The monoisotopic (exact) mass is 291 g/mol. The minimum Gasteiger partial charge on any atom is -0.392 e. The highest BCUT2D eigenvalue weighted by Crippen LogP contribution is 2.58. The highest BCUT2D eigenvalue weighted by Gasteiger charge is 2.51. The number of thiophene rings is 1. The third-order valence-corrected chi connectivity index (χ3v) is 7.27. The molecule has 0 spiro atoms. The Bertz CT molecular complexity index is 430. The van der Waals surface area contributed by atoms with Crippen molar-refractivity contribution in [3.63, 3.8) is 0 Å². The van der Waals surface area contributed by atoms with Gasteiger partial charge in [-0.3, -0.25) is 0 Å². The zero-order chi connectivity index (χ0) is 13.7. The van der Waals surface area contributed by atoms with E-state index < -0.39 is 0 Å². The van der Waals surface area contributed by atoms with Crippen molar-refractivity contribution in [2.45, 2.75) is 44.1 Å². The van der Waals surface area contributed by atoms with E-state index in [0.29, 0.717) is 12.5 Å². The predicted molar refractivity (Wildman–Crippen MR) is 82.7 cm³/mol. The van der Waals surface area contributed by atoms with E-state index in [-0.39, 0.29) is 12.0 Å². The molecule has 4 saturated carbocycles. The fourth-order valence-corrected chi connectivity index (χ4v) is 6.60. The van der Waals surface area contributed by atoms with Gasteiger partial charge in [0.25, 0.3) is 0 Å². The maximum Gasteiger partial charge on any atom is 0.0662 e. The summed E-state index contributed by atoms with van der Waals surface area (Å²) in [6.45, 7) is 0.574. The molecule has 20 heavy (non-hydrogen) atoms. The van der Waals surface area contributed by atoms with Crippen LogP contribution in [-0.4, -0.2) is 17.8 Å². The minimum atomic E-state index is -0.228. The summed E-state index contributed by atoms with van der Waals surface area (Å²) in [5.41, 5.74) is 6.00. The molecular weight excluding hydrogens is 266 g/mol. The summed E-state index contributed by atoms with van der Waals surface area (Å²) < 4.78 is 0. The molecule has 0 aliphatic heterocycles. The third kappa shape index (κ3) is 2.06. The van der Waals surface area contributed by atoms with E-state index in [1.165, 1.54) is 37.0 Å². The summed E-state index contributed by atoms with van der Waals surface area (Å²) in [5, 5.41) is 13.1. The molecule has 0 amide bonds. The molecule has 4 fully saturated rings. The van der Waals surface area contributed by atoms with Gasteiger partial charge in [-0.15, -0.1) is 11.3 Å². The summed E-state index contributed by atoms with van der Waals surface area (Å²) in [4.78, 5) is 1.27. The molecule has 3 heteroatoms. The lowest BCUT2D eigenvalue weighted by Gasteiger charge is -2.56. The van der Waals surface area contributed by atoms with Crippen LogP contribution in [-0.2, 0) is 0 Å². The normalized spacial score (nSPS) is 41.8. The zero-order valence-electron chi connectivity index (χ0n) is 11.9. The van der Waals surface area contributed by atoms with Gasteiger partial charge in [0, 0.05) is 17.3 Å². The number of hydrogen-bond acceptors (Lipinski definition) is 3. The van der Waals surface area contributed by atoms with Crippen LogP contribution in [0.5, 0.6) is 0 Å². The molecule has 1 heterocycles. The van der Waals surface area contributed by atoms with E-state index in [1.54, 1.807) is 11.3 Å².